The van der Waals surface area contributed by atoms with Gasteiger partial charge in [0.1, 0.15) is 5.75 Å². The highest BCUT2D eigenvalue weighted by Crippen LogP contribution is 2.31. The molecule has 23 heavy (non-hydrogen) atoms. The Balaban J connectivity index is 2.25. The maximum atomic E-state index is 10.6. The van der Waals surface area contributed by atoms with Crippen LogP contribution in [0.1, 0.15) is 28.4 Å². The van der Waals surface area contributed by atoms with Crippen LogP contribution in [0.25, 0.3) is 0 Å². The van der Waals surface area contributed by atoms with Crippen LogP contribution >= 0.6 is 0 Å². The van der Waals surface area contributed by atoms with E-state index in [4.69, 9.17) is 14.2 Å². The van der Waals surface area contributed by atoms with Crippen LogP contribution in [0.5, 0.6) is 17.2 Å². The zero-order valence-corrected chi connectivity index (χ0v) is 14.3. The second-order valence-electron chi connectivity index (χ2n) is 5.57. The Morgan fingerprint density at radius 2 is 1.52 bits per heavy atom. The SMILES string of the molecule is COc1ccc(C[C@@H](O)c2cc(C)c(C)c(OC)c2)cc1OC. The molecule has 0 fully saturated rings. The highest BCUT2D eigenvalue weighted by Gasteiger charge is 2.14. The van der Waals surface area contributed by atoms with E-state index in [-0.39, 0.29) is 0 Å². The van der Waals surface area contributed by atoms with Crippen LogP contribution < -0.4 is 14.2 Å². The molecule has 4 heteroatoms. The van der Waals surface area contributed by atoms with Gasteiger partial charge in [0.2, 0.25) is 0 Å². The summed E-state index contributed by atoms with van der Waals surface area (Å²) in [6, 6.07) is 9.57. The van der Waals surface area contributed by atoms with Gasteiger partial charge in [0.05, 0.1) is 27.4 Å². The highest BCUT2D eigenvalue weighted by molar-refractivity contribution is 5.45. The third-order valence-electron chi connectivity index (χ3n) is 4.12. The summed E-state index contributed by atoms with van der Waals surface area (Å²) in [6.07, 6.45) is -0.118. The van der Waals surface area contributed by atoms with Gasteiger partial charge in [0.25, 0.3) is 0 Å². The molecule has 1 atom stereocenters. The van der Waals surface area contributed by atoms with Gasteiger partial charge in [0.15, 0.2) is 11.5 Å². The third-order valence-corrected chi connectivity index (χ3v) is 4.12. The Labute approximate surface area is 137 Å². The van der Waals surface area contributed by atoms with Crippen molar-refractivity contribution in [3.8, 4) is 17.2 Å². The Morgan fingerprint density at radius 3 is 2.13 bits per heavy atom. The zero-order valence-electron chi connectivity index (χ0n) is 14.3. The molecular weight excluding hydrogens is 292 g/mol. The van der Waals surface area contributed by atoms with Gasteiger partial charge in [-0.1, -0.05) is 12.1 Å². The first-order valence-corrected chi connectivity index (χ1v) is 7.54. The van der Waals surface area contributed by atoms with E-state index < -0.39 is 6.10 Å². The smallest absolute Gasteiger partial charge is 0.160 e. The summed E-state index contributed by atoms with van der Waals surface area (Å²) in [5.74, 6) is 2.14. The summed E-state index contributed by atoms with van der Waals surface area (Å²) in [5, 5.41) is 10.6. The molecular formula is C19H24O4. The van der Waals surface area contributed by atoms with Crippen LogP contribution in [0.3, 0.4) is 0 Å². The Bertz CT molecular complexity index is 679. The van der Waals surface area contributed by atoms with Crippen molar-refractivity contribution in [2.24, 2.45) is 0 Å². The van der Waals surface area contributed by atoms with Crippen molar-refractivity contribution < 1.29 is 19.3 Å². The predicted octanol–water partition coefficient (Wildman–Crippen LogP) is 3.61. The molecule has 0 aliphatic rings. The summed E-state index contributed by atoms with van der Waals surface area (Å²) in [7, 11) is 4.85. The van der Waals surface area contributed by atoms with E-state index in [0.717, 1.165) is 28.0 Å². The predicted molar refractivity (Wildman–Crippen MR) is 90.7 cm³/mol. The molecule has 0 saturated heterocycles. The largest absolute Gasteiger partial charge is 0.496 e. The fourth-order valence-corrected chi connectivity index (χ4v) is 2.61. The summed E-state index contributed by atoms with van der Waals surface area (Å²) in [4.78, 5) is 0. The highest BCUT2D eigenvalue weighted by atomic mass is 16.5. The Kier molecular flexibility index (Phi) is 5.50. The minimum absolute atomic E-state index is 0.492. The van der Waals surface area contributed by atoms with Crippen molar-refractivity contribution in [1.82, 2.24) is 0 Å². The summed E-state index contributed by atoms with van der Waals surface area (Å²) < 4.78 is 15.9. The molecule has 0 amide bonds. The summed E-state index contributed by atoms with van der Waals surface area (Å²) in [5.41, 5.74) is 4.02. The van der Waals surface area contributed by atoms with Gasteiger partial charge in [-0.25, -0.2) is 0 Å². The second kappa shape index (κ2) is 7.38. The second-order valence-corrected chi connectivity index (χ2v) is 5.57. The van der Waals surface area contributed by atoms with Crippen molar-refractivity contribution in [2.75, 3.05) is 21.3 Å². The lowest BCUT2D eigenvalue weighted by Gasteiger charge is -2.16. The van der Waals surface area contributed by atoms with Crippen LogP contribution in [-0.2, 0) is 6.42 Å². The molecule has 2 rings (SSSR count). The molecule has 0 aromatic heterocycles. The molecule has 0 aliphatic heterocycles. The number of aliphatic hydroxyl groups excluding tert-OH is 1. The van der Waals surface area contributed by atoms with Gasteiger partial charge < -0.3 is 19.3 Å². The topological polar surface area (TPSA) is 47.9 Å². The molecule has 0 aliphatic carbocycles. The number of benzene rings is 2. The first-order valence-electron chi connectivity index (χ1n) is 7.54. The minimum atomic E-state index is -0.610. The molecule has 0 radical (unpaired) electrons. The van der Waals surface area contributed by atoms with Gasteiger partial charge in [-0.15, -0.1) is 0 Å². The molecule has 0 unspecified atom stereocenters. The van der Waals surface area contributed by atoms with E-state index in [1.807, 2.05) is 44.2 Å². The van der Waals surface area contributed by atoms with E-state index >= 15 is 0 Å². The molecule has 4 nitrogen and oxygen atoms in total. The minimum Gasteiger partial charge on any atom is -0.496 e. The van der Waals surface area contributed by atoms with Gasteiger partial charge in [-0.05, 0) is 54.3 Å². The van der Waals surface area contributed by atoms with E-state index in [0.29, 0.717) is 17.9 Å². The fourth-order valence-electron chi connectivity index (χ4n) is 2.61. The number of hydrogen-bond acceptors (Lipinski definition) is 4. The summed E-state index contributed by atoms with van der Waals surface area (Å²) >= 11 is 0. The third kappa shape index (κ3) is 3.77. The van der Waals surface area contributed by atoms with E-state index in [2.05, 4.69) is 0 Å². The molecule has 124 valence electrons. The molecule has 0 heterocycles. The average molecular weight is 316 g/mol. The van der Waals surface area contributed by atoms with Crippen LogP contribution in [0.15, 0.2) is 30.3 Å². The van der Waals surface area contributed by atoms with Gasteiger partial charge in [-0.2, -0.15) is 0 Å². The van der Waals surface area contributed by atoms with Crippen molar-refractivity contribution in [2.45, 2.75) is 26.4 Å². The monoisotopic (exact) mass is 316 g/mol. The number of aliphatic hydroxyl groups is 1. The standard InChI is InChI=1S/C19H24O4/c1-12-8-15(11-18(22-4)13(12)2)16(20)9-14-6-7-17(21-3)19(10-14)23-5/h6-8,10-11,16,20H,9H2,1-5H3/t16-/m1/s1. The molecule has 0 saturated carbocycles. The summed E-state index contributed by atoms with van der Waals surface area (Å²) in [6.45, 7) is 4.03. The van der Waals surface area contributed by atoms with Crippen LogP contribution in [0.4, 0.5) is 0 Å². The average Bonchev–Trinajstić information content (AvgIpc) is 2.56. The quantitative estimate of drug-likeness (QED) is 0.884. The first kappa shape index (κ1) is 17.2. The first-order chi connectivity index (χ1) is 11.0. The van der Waals surface area contributed by atoms with E-state index in [1.165, 1.54) is 0 Å². The van der Waals surface area contributed by atoms with Crippen LogP contribution in [0, 0.1) is 13.8 Å². The maximum absolute atomic E-state index is 10.6. The molecule has 2 aromatic carbocycles. The number of methoxy groups -OCH3 is 3. The van der Waals surface area contributed by atoms with Crippen molar-refractivity contribution in [1.29, 1.82) is 0 Å². The van der Waals surface area contributed by atoms with Gasteiger partial charge in [0, 0.05) is 6.42 Å². The molecule has 0 spiro atoms. The Hall–Kier alpha value is -2.20. The lowest BCUT2D eigenvalue weighted by atomic mass is 9.97. The van der Waals surface area contributed by atoms with E-state index in [1.54, 1.807) is 21.3 Å². The van der Waals surface area contributed by atoms with Crippen LogP contribution in [-0.4, -0.2) is 26.4 Å². The lowest BCUT2D eigenvalue weighted by Crippen LogP contribution is -2.04. The molecule has 1 N–H and O–H groups in total. The zero-order chi connectivity index (χ0) is 17.0. The van der Waals surface area contributed by atoms with Crippen molar-refractivity contribution in [3.63, 3.8) is 0 Å². The van der Waals surface area contributed by atoms with Crippen molar-refractivity contribution >= 4 is 0 Å². The fraction of sp³-hybridized carbons (Fsp3) is 0.368. The maximum Gasteiger partial charge on any atom is 0.160 e. The van der Waals surface area contributed by atoms with Crippen molar-refractivity contribution in [3.05, 3.63) is 52.6 Å². The number of ether oxygens (including phenoxy) is 3. The normalized spacial score (nSPS) is 11.9. The lowest BCUT2D eigenvalue weighted by molar-refractivity contribution is 0.178. The van der Waals surface area contributed by atoms with E-state index in [9.17, 15) is 5.11 Å². The number of aryl methyl sites for hydroxylation is 1. The Morgan fingerprint density at radius 1 is 0.870 bits per heavy atom. The van der Waals surface area contributed by atoms with Crippen LogP contribution in [0.2, 0.25) is 0 Å². The molecule has 2 aromatic rings. The number of rotatable bonds is 6. The molecule has 0 bridgehead atoms. The van der Waals surface area contributed by atoms with Gasteiger partial charge >= 0.3 is 0 Å². The number of hydrogen-bond donors (Lipinski definition) is 1. The van der Waals surface area contributed by atoms with Gasteiger partial charge in [-0.3, -0.25) is 0 Å².